The predicted octanol–water partition coefficient (Wildman–Crippen LogP) is 2.31. The fourth-order valence-electron chi connectivity index (χ4n) is 1.93. The number of rotatable bonds is 0. The molecule has 0 saturated heterocycles. The van der Waals surface area contributed by atoms with Crippen molar-refractivity contribution >= 4 is 27.8 Å². The lowest BCUT2D eigenvalue weighted by molar-refractivity contribution is 0.476. The summed E-state index contributed by atoms with van der Waals surface area (Å²) in [7, 11) is 0. The summed E-state index contributed by atoms with van der Waals surface area (Å²) in [5.41, 5.74) is 8.34. The van der Waals surface area contributed by atoms with Gasteiger partial charge in [0.05, 0.1) is 5.52 Å². The molecule has 0 aliphatic heterocycles. The molecule has 4 nitrogen and oxygen atoms in total. The summed E-state index contributed by atoms with van der Waals surface area (Å²) in [5, 5.41) is 11.5. The van der Waals surface area contributed by atoms with Crippen molar-refractivity contribution in [2.45, 2.75) is 6.92 Å². The van der Waals surface area contributed by atoms with Gasteiger partial charge in [0.1, 0.15) is 17.2 Å². The van der Waals surface area contributed by atoms with Gasteiger partial charge in [-0.1, -0.05) is 0 Å². The number of aryl methyl sites for hydroxylation is 1. The largest absolute Gasteiger partial charge is 0.508 e. The lowest BCUT2D eigenvalue weighted by atomic mass is 10.1. The Bertz CT molecular complexity index is 700. The normalized spacial score (nSPS) is 11.3. The molecule has 0 aliphatic rings. The van der Waals surface area contributed by atoms with E-state index in [-0.39, 0.29) is 5.75 Å². The van der Waals surface area contributed by atoms with Crippen LogP contribution < -0.4 is 5.73 Å². The van der Waals surface area contributed by atoms with E-state index in [0.29, 0.717) is 5.82 Å². The van der Waals surface area contributed by atoms with Crippen molar-refractivity contribution in [1.82, 2.24) is 9.97 Å². The third kappa shape index (κ3) is 1.13. The second-order valence-electron chi connectivity index (χ2n) is 3.94. The Kier molecular flexibility index (Phi) is 1.63. The van der Waals surface area contributed by atoms with Crippen LogP contribution >= 0.6 is 0 Å². The second-order valence-corrected chi connectivity index (χ2v) is 3.94. The van der Waals surface area contributed by atoms with Gasteiger partial charge in [0.15, 0.2) is 0 Å². The quantitative estimate of drug-likeness (QED) is 0.536. The molecular weight excluding hydrogens is 202 g/mol. The first-order valence-corrected chi connectivity index (χ1v) is 5.02. The number of anilines is 1. The number of fused-ring (bicyclic) bond motifs is 3. The van der Waals surface area contributed by atoms with Gasteiger partial charge in [0, 0.05) is 16.8 Å². The number of phenolic OH excluding ortho intramolecular Hbond substituents is 1. The van der Waals surface area contributed by atoms with Gasteiger partial charge in [0.25, 0.3) is 0 Å². The van der Waals surface area contributed by atoms with Gasteiger partial charge in [-0.05, 0) is 30.7 Å². The van der Waals surface area contributed by atoms with E-state index < -0.39 is 0 Å². The molecule has 0 fully saturated rings. The van der Waals surface area contributed by atoms with Crippen LogP contribution in [0.3, 0.4) is 0 Å². The molecule has 0 radical (unpaired) electrons. The van der Waals surface area contributed by atoms with Gasteiger partial charge in [-0.2, -0.15) is 0 Å². The van der Waals surface area contributed by atoms with Crippen LogP contribution in [0.5, 0.6) is 5.75 Å². The number of aromatic nitrogens is 2. The fourth-order valence-corrected chi connectivity index (χ4v) is 1.93. The maximum absolute atomic E-state index is 9.40. The predicted molar refractivity (Wildman–Crippen MR) is 64.4 cm³/mol. The molecule has 0 unspecified atom stereocenters. The van der Waals surface area contributed by atoms with E-state index in [1.165, 1.54) is 0 Å². The fraction of sp³-hybridized carbons (Fsp3) is 0.0833. The van der Waals surface area contributed by atoms with Crippen molar-refractivity contribution in [3.63, 3.8) is 0 Å². The lowest BCUT2D eigenvalue weighted by Crippen LogP contribution is -1.93. The maximum atomic E-state index is 9.40. The molecule has 0 saturated carbocycles. The van der Waals surface area contributed by atoms with Gasteiger partial charge in [-0.15, -0.1) is 0 Å². The summed E-state index contributed by atoms with van der Waals surface area (Å²) in [6.45, 7) is 1.93. The van der Waals surface area contributed by atoms with Crippen LogP contribution in [0, 0.1) is 6.92 Å². The van der Waals surface area contributed by atoms with E-state index in [1.807, 2.05) is 19.1 Å². The maximum Gasteiger partial charge on any atom is 0.140 e. The number of hydrogen-bond donors (Lipinski definition) is 3. The van der Waals surface area contributed by atoms with Crippen LogP contribution in [0.4, 0.5) is 5.82 Å². The third-order valence-corrected chi connectivity index (χ3v) is 2.80. The molecule has 0 bridgehead atoms. The molecule has 2 heterocycles. The molecule has 3 rings (SSSR count). The Balaban J connectivity index is 2.51. The molecule has 16 heavy (non-hydrogen) atoms. The summed E-state index contributed by atoms with van der Waals surface area (Å²) in [5.74, 6) is 0.770. The van der Waals surface area contributed by atoms with Gasteiger partial charge in [-0.3, -0.25) is 0 Å². The van der Waals surface area contributed by atoms with Crippen LogP contribution in [-0.2, 0) is 0 Å². The Hall–Kier alpha value is -2.23. The van der Waals surface area contributed by atoms with Gasteiger partial charge < -0.3 is 15.8 Å². The molecule has 4 N–H and O–H groups in total. The van der Waals surface area contributed by atoms with Crippen LogP contribution in [0.15, 0.2) is 24.3 Å². The molecule has 0 aliphatic carbocycles. The van der Waals surface area contributed by atoms with Crippen LogP contribution in [-0.4, -0.2) is 15.1 Å². The van der Waals surface area contributed by atoms with Crippen LogP contribution in [0.1, 0.15) is 5.56 Å². The number of H-pyrrole nitrogens is 1. The zero-order chi connectivity index (χ0) is 11.3. The van der Waals surface area contributed by atoms with Gasteiger partial charge in [0.2, 0.25) is 0 Å². The monoisotopic (exact) mass is 213 g/mol. The highest BCUT2D eigenvalue weighted by molar-refractivity contribution is 6.06. The standard InChI is InChI=1S/C12H11N3O/c1-6-4-9-8-3-2-7(16)5-10(8)14-12(9)15-11(6)13/h2-5,16H,1H3,(H3,13,14,15). The van der Waals surface area contributed by atoms with E-state index >= 15 is 0 Å². The average Bonchev–Trinajstić information content (AvgIpc) is 2.55. The van der Waals surface area contributed by atoms with Crippen molar-refractivity contribution in [1.29, 1.82) is 0 Å². The highest BCUT2D eigenvalue weighted by Gasteiger charge is 2.07. The minimum atomic E-state index is 0.240. The van der Waals surface area contributed by atoms with E-state index in [4.69, 9.17) is 5.73 Å². The number of aromatic hydroxyl groups is 1. The Labute approximate surface area is 91.7 Å². The number of pyridine rings is 1. The number of nitrogens with one attached hydrogen (secondary N) is 1. The van der Waals surface area contributed by atoms with Crippen molar-refractivity contribution in [3.05, 3.63) is 29.8 Å². The number of nitrogens with zero attached hydrogens (tertiary/aromatic N) is 1. The minimum Gasteiger partial charge on any atom is -0.508 e. The van der Waals surface area contributed by atoms with Crippen molar-refractivity contribution < 1.29 is 5.11 Å². The summed E-state index contributed by atoms with van der Waals surface area (Å²) in [4.78, 5) is 7.42. The zero-order valence-corrected chi connectivity index (χ0v) is 8.78. The number of nitrogen functional groups attached to an aromatic ring is 1. The Morgan fingerprint density at radius 1 is 1.25 bits per heavy atom. The Morgan fingerprint density at radius 2 is 2.06 bits per heavy atom. The van der Waals surface area contributed by atoms with Gasteiger partial charge >= 0.3 is 0 Å². The molecule has 0 spiro atoms. The van der Waals surface area contributed by atoms with E-state index in [0.717, 1.165) is 27.5 Å². The average molecular weight is 213 g/mol. The lowest BCUT2D eigenvalue weighted by Gasteiger charge is -1.98. The third-order valence-electron chi connectivity index (χ3n) is 2.80. The van der Waals surface area contributed by atoms with E-state index in [1.54, 1.807) is 12.1 Å². The van der Waals surface area contributed by atoms with Crippen LogP contribution in [0.25, 0.3) is 21.9 Å². The summed E-state index contributed by atoms with van der Waals surface area (Å²) < 4.78 is 0. The topological polar surface area (TPSA) is 74.9 Å². The molecule has 0 atom stereocenters. The van der Waals surface area contributed by atoms with Crippen LogP contribution in [0.2, 0.25) is 0 Å². The summed E-state index contributed by atoms with van der Waals surface area (Å²) >= 11 is 0. The highest BCUT2D eigenvalue weighted by atomic mass is 16.3. The number of aromatic amines is 1. The van der Waals surface area contributed by atoms with Crippen molar-refractivity contribution in [3.8, 4) is 5.75 Å². The number of hydrogen-bond acceptors (Lipinski definition) is 3. The molecule has 1 aromatic carbocycles. The number of benzene rings is 1. The zero-order valence-electron chi connectivity index (χ0n) is 8.78. The minimum absolute atomic E-state index is 0.240. The number of phenols is 1. The summed E-state index contributed by atoms with van der Waals surface area (Å²) in [6.07, 6.45) is 0. The Morgan fingerprint density at radius 3 is 2.88 bits per heavy atom. The first kappa shape index (κ1) is 9.03. The molecule has 0 amide bonds. The number of nitrogens with two attached hydrogens (primary N) is 1. The van der Waals surface area contributed by atoms with Gasteiger partial charge in [-0.25, -0.2) is 4.98 Å². The second kappa shape index (κ2) is 2.88. The molecule has 2 aromatic heterocycles. The molecule has 80 valence electrons. The molecule has 4 heteroatoms. The first-order chi connectivity index (χ1) is 7.65. The van der Waals surface area contributed by atoms with E-state index in [2.05, 4.69) is 9.97 Å². The summed E-state index contributed by atoms with van der Waals surface area (Å²) in [6, 6.07) is 7.23. The molecule has 3 aromatic rings. The van der Waals surface area contributed by atoms with Crippen molar-refractivity contribution in [2.24, 2.45) is 0 Å². The van der Waals surface area contributed by atoms with Crippen molar-refractivity contribution in [2.75, 3.05) is 5.73 Å². The molecular formula is C12H11N3O. The van der Waals surface area contributed by atoms with E-state index in [9.17, 15) is 5.11 Å². The highest BCUT2D eigenvalue weighted by Crippen LogP contribution is 2.28. The smallest absolute Gasteiger partial charge is 0.140 e. The first-order valence-electron chi connectivity index (χ1n) is 5.02. The SMILES string of the molecule is Cc1cc2c(nc1N)[nH]c1cc(O)ccc12.